The molecule has 3 aromatic rings. The summed E-state index contributed by atoms with van der Waals surface area (Å²) < 4.78 is 6.36. The van der Waals surface area contributed by atoms with Crippen LogP contribution in [0.2, 0.25) is 5.02 Å². The molecule has 0 aromatic heterocycles. The smallest absolute Gasteiger partial charge is 0.335 e. The van der Waals surface area contributed by atoms with E-state index >= 15 is 0 Å². The van der Waals surface area contributed by atoms with Crippen LogP contribution >= 0.6 is 27.5 Å². The molecular formula is C27H21BrClN3O5. The van der Waals surface area contributed by atoms with E-state index in [0.717, 1.165) is 16.0 Å². The Hall–Kier alpha value is -3.95. The van der Waals surface area contributed by atoms with Crippen molar-refractivity contribution in [3.63, 3.8) is 0 Å². The van der Waals surface area contributed by atoms with Crippen molar-refractivity contribution in [2.45, 2.75) is 13.8 Å². The van der Waals surface area contributed by atoms with Crippen LogP contribution in [0.3, 0.4) is 0 Å². The maximum atomic E-state index is 13.3. The van der Waals surface area contributed by atoms with Crippen LogP contribution in [0, 0.1) is 13.8 Å². The highest BCUT2D eigenvalue weighted by Gasteiger charge is 2.37. The van der Waals surface area contributed by atoms with Gasteiger partial charge in [-0.1, -0.05) is 51.3 Å². The molecule has 5 amide bonds. The number of urea groups is 1. The number of nitrogens with one attached hydrogen (secondary N) is 2. The average Bonchev–Trinajstić information content (AvgIpc) is 2.84. The van der Waals surface area contributed by atoms with Gasteiger partial charge in [0, 0.05) is 20.7 Å². The predicted molar refractivity (Wildman–Crippen MR) is 145 cm³/mol. The summed E-state index contributed by atoms with van der Waals surface area (Å²) in [6.07, 6.45) is 1.31. The van der Waals surface area contributed by atoms with E-state index < -0.39 is 17.8 Å². The lowest BCUT2D eigenvalue weighted by molar-refractivity contribution is -0.122. The largest absolute Gasteiger partial charge is 0.483 e. The highest BCUT2D eigenvalue weighted by atomic mass is 79.9. The van der Waals surface area contributed by atoms with E-state index in [1.165, 1.54) is 12.1 Å². The normalized spacial score (nSPS) is 14.5. The molecule has 0 bridgehead atoms. The Morgan fingerprint density at radius 1 is 1.05 bits per heavy atom. The third-order valence-electron chi connectivity index (χ3n) is 5.48. The van der Waals surface area contributed by atoms with Crippen LogP contribution in [0.15, 0.2) is 70.7 Å². The summed E-state index contributed by atoms with van der Waals surface area (Å²) in [6.45, 7) is 3.42. The van der Waals surface area contributed by atoms with Crippen LogP contribution in [0.1, 0.15) is 16.7 Å². The summed E-state index contributed by atoms with van der Waals surface area (Å²) >= 11 is 9.54. The van der Waals surface area contributed by atoms with Crippen molar-refractivity contribution in [2.75, 3.05) is 16.8 Å². The van der Waals surface area contributed by atoms with Crippen molar-refractivity contribution >= 4 is 68.7 Å². The van der Waals surface area contributed by atoms with Crippen LogP contribution in [0.25, 0.3) is 6.08 Å². The Morgan fingerprint density at radius 3 is 2.49 bits per heavy atom. The Bertz CT molecular complexity index is 1450. The van der Waals surface area contributed by atoms with E-state index in [2.05, 4.69) is 26.6 Å². The number of amides is 5. The molecule has 188 valence electrons. The van der Waals surface area contributed by atoms with Crippen molar-refractivity contribution in [3.05, 3.63) is 92.4 Å². The zero-order chi connectivity index (χ0) is 26.7. The highest BCUT2D eigenvalue weighted by Crippen LogP contribution is 2.29. The molecule has 0 radical (unpaired) electrons. The Kier molecular flexibility index (Phi) is 7.75. The van der Waals surface area contributed by atoms with Crippen molar-refractivity contribution < 1.29 is 23.9 Å². The van der Waals surface area contributed by atoms with E-state index in [9.17, 15) is 19.2 Å². The first kappa shape index (κ1) is 26.1. The molecule has 4 rings (SSSR count). The lowest BCUT2D eigenvalue weighted by atomic mass is 10.1. The van der Waals surface area contributed by atoms with Gasteiger partial charge in [-0.05, 0) is 68.0 Å². The first-order valence-electron chi connectivity index (χ1n) is 11.1. The second kappa shape index (κ2) is 11.0. The van der Waals surface area contributed by atoms with Crippen LogP contribution in [0.5, 0.6) is 5.75 Å². The first-order chi connectivity index (χ1) is 17.6. The van der Waals surface area contributed by atoms with Crippen LogP contribution in [-0.2, 0) is 14.4 Å². The molecule has 1 saturated heterocycles. The van der Waals surface area contributed by atoms with Gasteiger partial charge in [0.25, 0.3) is 17.7 Å². The topological polar surface area (TPSA) is 105 Å². The molecule has 1 aliphatic heterocycles. The third-order valence-corrected chi connectivity index (χ3v) is 6.38. The molecule has 1 fully saturated rings. The molecule has 8 nitrogen and oxygen atoms in total. The maximum Gasteiger partial charge on any atom is 0.335 e. The lowest BCUT2D eigenvalue weighted by Crippen LogP contribution is -2.54. The zero-order valence-corrected chi connectivity index (χ0v) is 22.1. The van der Waals surface area contributed by atoms with Gasteiger partial charge in [-0.2, -0.15) is 0 Å². The van der Waals surface area contributed by atoms with Gasteiger partial charge >= 0.3 is 6.03 Å². The quantitative estimate of drug-likeness (QED) is 0.299. The molecule has 1 aliphatic rings. The number of carbonyl (C=O) groups is 4. The summed E-state index contributed by atoms with van der Waals surface area (Å²) in [5.74, 6) is -1.80. The molecule has 10 heteroatoms. The number of barbiturate groups is 1. The van der Waals surface area contributed by atoms with Gasteiger partial charge in [0.15, 0.2) is 6.61 Å². The number of hydrogen-bond donors (Lipinski definition) is 2. The number of nitrogens with zero attached hydrogens (tertiary/aromatic N) is 1. The molecule has 0 atom stereocenters. The third kappa shape index (κ3) is 6.07. The number of aryl methyl sites for hydroxylation is 2. The van der Waals surface area contributed by atoms with Gasteiger partial charge in [0.2, 0.25) is 0 Å². The summed E-state index contributed by atoms with van der Waals surface area (Å²) in [6, 6.07) is 16.1. The molecule has 0 unspecified atom stereocenters. The minimum absolute atomic E-state index is 0.218. The van der Waals surface area contributed by atoms with Gasteiger partial charge < -0.3 is 10.1 Å². The summed E-state index contributed by atoms with van der Waals surface area (Å²) in [4.78, 5) is 51.6. The molecule has 0 saturated carbocycles. The minimum atomic E-state index is -0.884. The molecule has 0 aliphatic carbocycles. The fourth-order valence-electron chi connectivity index (χ4n) is 3.51. The van der Waals surface area contributed by atoms with Crippen LogP contribution in [0.4, 0.5) is 16.2 Å². The van der Waals surface area contributed by atoms with E-state index in [-0.39, 0.29) is 29.5 Å². The van der Waals surface area contributed by atoms with Gasteiger partial charge in [-0.3, -0.25) is 19.7 Å². The SMILES string of the molecule is Cc1ccc(NC(=O)COc2ccc(Br)cc2/C=C2\C(=O)NC(=O)N(c3ccc(C)c(Cl)c3)C2=O)cc1. The van der Waals surface area contributed by atoms with Crippen molar-refractivity contribution in [2.24, 2.45) is 0 Å². The zero-order valence-electron chi connectivity index (χ0n) is 19.8. The molecule has 1 heterocycles. The Morgan fingerprint density at radius 2 is 1.78 bits per heavy atom. The minimum Gasteiger partial charge on any atom is -0.483 e. The maximum absolute atomic E-state index is 13.3. The number of ether oxygens (including phenoxy) is 1. The fraction of sp³-hybridized carbons (Fsp3) is 0.111. The van der Waals surface area contributed by atoms with Crippen molar-refractivity contribution in [1.29, 1.82) is 0 Å². The summed E-state index contributed by atoms with van der Waals surface area (Å²) in [7, 11) is 0. The number of hydrogen-bond acceptors (Lipinski definition) is 5. The van der Waals surface area contributed by atoms with Gasteiger partial charge in [-0.15, -0.1) is 0 Å². The van der Waals surface area contributed by atoms with Crippen LogP contribution < -0.4 is 20.3 Å². The van der Waals surface area contributed by atoms with E-state index in [1.54, 1.807) is 49.4 Å². The van der Waals surface area contributed by atoms with E-state index in [4.69, 9.17) is 16.3 Å². The van der Waals surface area contributed by atoms with Gasteiger partial charge in [0.05, 0.1) is 5.69 Å². The molecule has 0 spiro atoms. The number of halogens is 2. The Labute approximate surface area is 226 Å². The molecular weight excluding hydrogens is 562 g/mol. The number of rotatable bonds is 6. The molecule has 2 N–H and O–H groups in total. The van der Waals surface area contributed by atoms with E-state index in [1.807, 2.05) is 19.1 Å². The monoisotopic (exact) mass is 581 g/mol. The van der Waals surface area contributed by atoms with Gasteiger partial charge in [-0.25, -0.2) is 9.69 Å². The standard InChI is InChI=1S/C27H21BrClN3O5/c1-15-3-7-19(8-4-15)30-24(33)14-37-23-10-6-18(28)11-17(23)12-21-25(34)31-27(36)32(26(21)35)20-9-5-16(2)22(29)13-20/h3-13H,14H2,1-2H3,(H,30,33)(H,31,34,36)/b21-12+. The summed E-state index contributed by atoms with van der Waals surface area (Å²) in [5, 5.41) is 5.29. The van der Waals surface area contributed by atoms with Gasteiger partial charge in [0.1, 0.15) is 11.3 Å². The number of benzene rings is 3. The highest BCUT2D eigenvalue weighted by molar-refractivity contribution is 9.10. The first-order valence-corrected chi connectivity index (χ1v) is 12.3. The number of anilines is 2. The number of imide groups is 2. The molecule has 37 heavy (non-hydrogen) atoms. The van der Waals surface area contributed by atoms with Crippen molar-refractivity contribution in [3.8, 4) is 5.75 Å². The van der Waals surface area contributed by atoms with E-state index in [0.29, 0.717) is 20.7 Å². The average molecular weight is 583 g/mol. The lowest BCUT2D eigenvalue weighted by Gasteiger charge is -2.26. The summed E-state index contributed by atoms with van der Waals surface area (Å²) in [5.41, 5.74) is 2.74. The van der Waals surface area contributed by atoms with Crippen molar-refractivity contribution in [1.82, 2.24) is 5.32 Å². The second-order valence-corrected chi connectivity index (χ2v) is 9.60. The van der Waals surface area contributed by atoms with Crippen LogP contribution in [-0.4, -0.2) is 30.4 Å². The number of carbonyl (C=O) groups excluding carboxylic acids is 4. The fourth-order valence-corrected chi connectivity index (χ4v) is 4.06. The Balaban J connectivity index is 1.58. The second-order valence-electron chi connectivity index (χ2n) is 8.28. The molecule has 3 aromatic carbocycles. The predicted octanol–water partition coefficient (Wildman–Crippen LogP) is 5.40.